The second kappa shape index (κ2) is 6.21. The Kier molecular flexibility index (Phi) is 4.37. The molecule has 0 aliphatic heterocycles. The third kappa shape index (κ3) is 2.94. The van der Waals surface area contributed by atoms with Gasteiger partial charge in [-0.1, -0.05) is 0 Å². The molecule has 0 spiro atoms. The second-order valence-electron chi connectivity index (χ2n) is 4.72. The van der Waals surface area contributed by atoms with Crippen LogP contribution in [-0.4, -0.2) is 25.6 Å². The first-order valence-electron chi connectivity index (χ1n) is 6.39. The van der Waals surface area contributed by atoms with Crippen LogP contribution in [0.15, 0.2) is 18.7 Å². The lowest BCUT2D eigenvalue weighted by molar-refractivity contribution is 0.266. The van der Waals surface area contributed by atoms with E-state index < -0.39 is 0 Å². The van der Waals surface area contributed by atoms with E-state index >= 15 is 0 Å². The molecular formula is C13H18N8. The number of imidazole rings is 1. The van der Waals surface area contributed by atoms with Crippen molar-refractivity contribution >= 4 is 11.6 Å². The molecular weight excluding hydrogens is 268 g/mol. The van der Waals surface area contributed by atoms with E-state index in [0.717, 1.165) is 18.5 Å². The molecule has 0 unspecified atom stereocenters. The van der Waals surface area contributed by atoms with Gasteiger partial charge in [-0.15, -0.1) is 12.8 Å². The van der Waals surface area contributed by atoms with Gasteiger partial charge in [-0.25, -0.2) is 20.8 Å². The van der Waals surface area contributed by atoms with Crippen molar-refractivity contribution < 1.29 is 0 Å². The molecule has 2 aromatic heterocycles. The van der Waals surface area contributed by atoms with Crippen molar-refractivity contribution in [1.29, 1.82) is 0 Å². The summed E-state index contributed by atoms with van der Waals surface area (Å²) in [5.41, 5.74) is 15.3. The van der Waals surface area contributed by atoms with Crippen molar-refractivity contribution in [2.24, 2.45) is 11.6 Å². The van der Waals surface area contributed by atoms with E-state index in [9.17, 15) is 0 Å². The number of terminal acetylenes is 1. The monoisotopic (exact) mass is 286 g/mol. The summed E-state index contributed by atoms with van der Waals surface area (Å²) in [5, 5.41) is 0. The highest BCUT2D eigenvalue weighted by atomic mass is 15.3. The molecule has 21 heavy (non-hydrogen) atoms. The molecule has 7 N–H and O–H groups in total. The van der Waals surface area contributed by atoms with Crippen molar-refractivity contribution in [2.45, 2.75) is 24.9 Å². The van der Waals surface area contributed by atoms with Gasteiger partial charge in [0, 0.05) is 18.3 Å². The summed E-state index contributed by atoms with van der Waals surface area (Å²) in [4.78, 5) is 12.6. The van der Waals surface area contributed by atoms with Gasteiger partial charge in [0.2, 0.25) is 0 Å². The number of hydrogen-bond acceptors (Lipinski definition) is 7. The Hall–Kier alpha value is -2.63. The van der Waals surface area contributed by atoms with Crippen LogP contribution in [0.1, 0.15) is 18.9 Å². The zero-order valence-electron chi connectivity index (χ0n) is 11.5. The molecule has 8 heteroatoms. The minimum atomic E-state index is 0.250. The Morgan fingerprint density at radius 2 is 1.95 bits per heavy atom. The first kappa shape index (κ1) is 14.8. The summed E-state index contributed by atoms with van der Waals surface area (Å²) < 4.78 is 2.06. The smallest absolute Gasteiger partial charge is 0.183 e. The average Bonchev–Trinajstić information content (AvgIpc) is 2.95. The standard InChI is InChI=1S/C11H16N8.C2H2/c12-6-1-7(2-6)19-4-9(16-5-19)8-3-15-11(18-14)10(13)17-8;1-2/h3-7H,1-2,12,14H2,(H2,13,17)(H,15,18);1-2H. The Morgan fingerprint density at radius 3 is 2.52 bits per heavy atom. The van der Waals surface area contributed by atoms with Crippen LogP contribution in [0.3, 0.4) is 0 Å². The molecule has 3 rings (SSSR count). The summed E-state index contributed by atoms with van der Waals surface area (Å²) in [7, 11) is 0. The van der Waals surface area contributed by atoms with Gasteiger partial charge in [0.05, 0.1) is 12.5 Å². The molecule has 1 aliphatic carbocycles. The summed E-state index contributed by atoms with van der Waals surface area (Å²) in [6, 6.07) is 0.743. The highest BCUT2D eigenvalue weighted by Crippen LogP contribution is 2.31. The van der Waals surface area contributed by atoms with Crippen LogP contribution in [0.2, 0.25) is 0 Å². The molecule has 110 valence electrons. The molecule has 0 bridgehead atoms. The van der Waals surface area contributed by atoms with Gasteiger partial charge in [-0.05, 0) is 12.8 Å². The number of anilines is 2. The molecule has 0 radical (unpaired) electrons. The quantitative estimate of drug-likeness (QED) is 0.357. The lowest BCUT2D eigenvalue weighted by atomic mass is 9.87. The van der Waals surface area contributed by atoms with Crippen molar-refractivity contribution in [2.75, 3.05) is 11.2 Å². The molecule has 1 fully saturated rings. The van der Waals surface area contributed by atoms with E-state index in [1.54, 1.807) is 12.5 Å². The average molecular weight is 286 g/mol. The van der Waals surface area contributed by atoms with Gasteiger partial charge < -0.3 is 21.5 Å². The van der Waals surface area contributed by atoms with Gasteiger partial charge >= 0.3 is 0 Å². The van der Waals surface area contributed by atoms with Crippen LogP contribution in [0.4, 0.5) is 11.6 Å². The van der Waals surface area contributed by atoms with Crippen LogP contribution >= 0.6 is 0 Å². The Labute approximate surface area is 122 Å². The number of nitrogens with zero attached hydrogens (tertiary/aromatic N) is 4. The first-order valence-corrected chi connectivity index (χ1v) is 6.39. The highest BCUT2D eigenvalue weighted by Gasteiger charge is 2.27. The molecule has 2 heterocycles. The Morgan fingerprint density at radius 1 is 1.24 bits per heavy atom. The summed E-state index contributed by atoms with van der Waals surface area (Å²) in [6.45, 7) is 0. The van der Waals surface area contributed by atoms with E-state index in [1.165, 1.54) is 0 Å². The van der Waals surface area contributed by atoms with Crippen LogP contribution in [-0.2, 0) is 0 Å². The molecule has 1 aliphatic rings. The van der Waals surface area contributed by atoms with E-state index in [1.807, 2.05) is 6.20 Å². The minimum absolute atomic E-state index is 0.250. The first-order chi connectivity index (χ1) is 10.2. The van der Waals surface area contributed by atoms with Gasteiger partial charge in [0.15, 0.2) is 11.6 Å². The molecule has 0 atom stereocenters. The van der Waals surface area contributed by atoms with Crippen LogP contribution in [0, 0.1) is 12.8 Å². The summed E-state index contributed by atoms with van der Waals surface area (Å²) >= 11 is 0. The molecule has 0 amide bonds. The fourth-order valence-corrected chi connectivity index (χ4v) is 2.18. The van der Waals surface area contributed by atoms with Gasteiger partial charge in [-0.3, -0.25) is 0 Å². The third-order valence-corrected chi connectivity index (χ3v) is 3.37. The predicted molar refractivity (Wildman–Crippen MR) is 81.6 cm³/mol. The number of hydrazine groups is 1. The number of nitrogens with two attached hydrogens (primary N) is 3. The molecule has 0 aromatic carbocycles. The second-order valence-corrected chi connectivity index (χ2v) is 4.72. The predicted octanol–water partition coefficient (Wildman–Crippen LogP) is 0.120. The van der Waals surface area contributed by atoms with Crippen molar-refractivity contribution in [3.05, 3.63) is 18.7 Å². The van der Waals surface area contributed by atoms with Crippen LogP contribution in [0.25, 0.3) is 11.4 Å². The normalized spacial score (nSPS) is 20.0. The van der Waals surface area contributed by atoms with Crippen LogP contribution < -0.4 is 22.7 Å². The largest absolute Gasteiger partial charge is 0.381 e. The zero-order chi connectivity index (χ0) is 15.4. The van der Waals surface area contributed by atoms with Crippen molar-refractivity contribution in [1.82, 2.24) is 19.5 Å². The van der Waals surface area contributed by atoms with E-state index in [2.05, 4.69) is 37.8 Å². The lowest BCUT2D eigenvalue weighted by Gasteiger charge is -2.33. The number of nitrogens with one attached hydrogen (secondary N) is 1. The van der Waals surface area contributed by atoms with E-state index in [-0.39, 0.29) is 5.82 Å². The number of nitrogen functional groups attached to an aromatic ring is 2. The number of aromatic nitrogens is 4. The van der Waals surface area contributed by atoms with E-state index in [0.29, 0.717) is 23.6 Å². The van der Waals surface area contributed by atoms with Gasteiger partial charge in [-0.2, -0.15) is 0 Å². The van der Waals surface area contributed by atoms with Crippen molar-refractivity contribution in [3.8, 4) is 24.2 Å². The fourth-order valence-electron chi connectivity index (χ4n) is 2.18. The maximum atomic E-state index is 5.78. The molecule has 0 saturated heterocycles. The molecule has 8 nitrogen and oxygen atoms in total. The Bertz CT molecular complexity index is 626. The lowest BCUT2D eigenvalue weighted by Crippen LogP contribution is -2.37. The number of rotatable bonds is 3. The fraction of sp³-hybridized carbons (Fsp3) is 0.308. The SMILES string of the molecule is C#C.NNc1ncc(-c2cn(C3CC(N)C3)cn2)nc1N. The maximum Gasteiger partial charge on any atom is 0.183 e. The minimum Gasteiger partial charge on any atom is -0.381 e. The molecule has 2 aromatic rings. The zero-order valence-corrected chi connectivity index (χ0v) is 11.5. The molecule has 1 saturated carbocycles. The van der Waals surface area contributed by atoms with Gasteiger partial charge in [0.1, 0.15) is 11.4 Å². The third-order valence-electron chi connectivity index (χ3n) is 3.37. The highest BCUT2D eigenvalue weighted by molar-refractivity contribution is 5.62. The summed E-state index contributed by atoms with van der Waals surface area (Å²) in [6.07, 6.45) is 15.3. The Balaban J connectivity index is 0.000000774. The summed E-state index contributed by atoms with van der Waals surface area (Å²) in [5.74, 6) is 5.86. The van der Waals surface area contributed by atoms with E-state index in [4.69, 9.17) is 17.3 Å². The number of hydrogen-bond donors (Lipinski definition) is 4. The maximum absolute atomic E-state index is 5.78. The van der Waals surface area contributed by atoms with Gasteiger partial charge in [0.25, 0.3) is 0 Å². The topological polar surface area (TPSA) is 134 Å². The van der Waals surface area contributed by atoms with Crippen molar-refractivity contribution in [3.63, 3.8) is 0 Å². The van der Waals surface area contributed by atoms with Crippen LogP contribution in [0.5, 0.6) is 0 Å².